The monoisotopic (exact) mass is 501 g/mol. The summed E-state index contributed by atoms with van der Waals surface area (Å²) in [6.45, 7) is 4.87. The van der Waals surface area contributed by atoms with Crippen molar-refractivity contribution in [2.45, 2.75) is 38.8 Å². The third-order valence-electron chi connectivity index (χ3n) is 6.17. The summed E-state index contributed by atoms with van der Waals surface area (Å²) >= 11 is 0. The van der Waals surface area contributed by atoms with Gasteiger partial charge in [-0.05, 0) is 85.5 Å². The summed E-state index contributed by atoms with van der Waals surface area (Å²) in [6, 6.07) is 25.6. The highest BCUT2D eigenvalue weighted by Crippen LogP contribution is 2.31. The number of halogens is 1. The molecule has 1 atom stereocenters. The van der Waals surface area contributed by atoms with Gasteiger partial charge in [-0.1, -0.05) is 36.4 Å². The Balaban J connectivity index is 1.59. The minimum atomic E-state index is -0.280. The smallest absolute Gasteiger partial charge is 0.289 e. The third-order valence-corrected chi connectivity index (χ3v) is 6.17. The molecule has 5 nitrogen and oxygen atoms in total. The number of hydrogen-bond acceptors (Lipinski definition) is 4. The summed E-state index contributed by atoms with van der Waals surface area (Å²) in [7, 11) is 1.62. The van der Waals surface area contributed by atoms with Crippen LogP contribution in [0.25, 0.3) is 0 Å². The van der Waals surface area contributed by atoms with E-state index in [1.165, 1.54) is 18.4 Å². The van der Waals surface area contributed by atoms with E-state index in [4.69, 9.17) is 13.9 Å². The molecule has 4 aromatic rings. The molecule has 0 saturated heterocycles. The number of nitrogens with zero attached hydrogens (tertiary/aromatic N) is 1. The molecule has 3 aromatic carbocycles. The lowest BCUT2D eigenvalue weighted by Crippen LogP contribution is -2.32. The van der Waals surface area contributed by atoms with Crippen molar-refractivity contribution < 1.29 is 23.1 Å². The number of furan rings is 1. The lowest BCUT2D eigenvalue weighted by molar-refractivity contribution is 0.0707. The molecule has 0 bridgehead atoms. The van der Waals surface area contributed by atoms with Crippen LogP contribution in [0.4, 0.5) is 4.39 Å². The first kappa shape index (κ1) is 26.0. The molecule has 0 fully saturated rings. The Morgan fingerprint density at radius 3 is 2.08 bits per heavy atom. The quantitative estimate of drug-likeness (QED) is 0.220. The van der Waals surface area contributed by atoms with Crippen molar-refractivity contribution in [1.29, 1.82) is 0 Å². The number of ether oxygens (including phenoxy) is 2. The van der Waals surface area contributed by atoms with E-state index in [1.807, 2.05) is 62.4 Å². The zero-order valence-corrected chi connectivity index (χ0v) is 21.4. The molecule has 1 unspecified atom stereocenters. The zero-order valence-electron chi connectivity index (χ0n) is 21.4. The van der Waals surface area contributed by atoms with Gasteiger partial charge in [0.05, 0.1) is 19.5 Å². The minimum Gasteiger partial charge on any atom is -0.497 e. The molecule has 0 aliphatic heterocycles. The Morgan fingerprint density at radius 2 is 1.51 bits per heavy atom. The van der Waals surface area contributed by atoms with Crippen LogP contribution in [0, 0.1) is 5.82 Å². The maximum absolute atomic E-state index is 13.7. The van der Waals surface area contributed by atoms with E-state index in [-0.39, 0.29) is 23.7 Å². The Kier molecular flexibility index (Phi) is 8.62. The molecule has 0 aliphatic rings. The van der Waals surface area contributed by atoms with Crippen LogP contribution >= 0.6 is 0 Å². The second-order valence-electron chi connectivity index (χ2n) is 9.18. The lowest BCUT2D eigenvalue weighted by atomic mass is 9.88. The first-order valence-electron chi connectivity index (χ1n) is 12.4. The van der Waals surface area contributed by atoms with Gasteiger partial charge in [-0.15, -0.1) is 0 Å². The van der Waals surface area contributed by atoms with E-state index in [1.54, 1.807) is 36.3 Å². The van der Waals surface area contributed by atoms with Gasteiger partial charge in [0.1, 0.15) is 17.3 Å². The van der Waals surface area contributed by atoms with Crippen LogP contribution in [0.3, 0.4) is 0 Å². The Hall–Kier alpha value is -4.06. The van der Waals surface area contributed by atoms with Crippen molar-refractivity contribution >= 4 is 5.91 Å². The minimum absolute atomic E-state index is 0.0449. The topological polar surface area (TPSA) is 51.9 Å². The highest BCUT2D eigenvalue weighted by molar-refractivity contribution is 5.91. The molecule has 4 rings (SSSR count). The van der Waals surface area contributed by atoms with E-state index < -0.39 is 0 Å². The van der Waals surface area contributed by atoms with Crippen molar-refractivity contribution in [2.75, 3.05) is 13.7 Å². The predicted molar refractivity (Wildman–Crippen MR) is 142 cm³/mol. The molecule has 1 aromatic heterocycles. The number of methoxy groups -OCH3 is 1. The van der Waals surface area contributed by atoms with Gasteiger partial charge in [0.2, 0.25) is 0 Å². The van der Waals surface area contributed by atoms with Gasteiger partial charge in [-0.2, -0.15) is 0 Å². The van der Waals surface area contributed by atoms with Crippen LogP contribution < -0.4 is 9.47 Å². The average molecular weight is 502 g/mol. The van der Waals surface area contributed by atoms with Crippen molar-refractivity contribution in [1.82, 2.24) is 4.90 Å². The van der Waals surface area contributed by atoms with Crippen LogP contribution in [0.2, 0.25) is 0 Å². The Labute approximate surface area is 217 Å². The van der Waals surface area contributed by atoms with Gasteiger partial charge in [0.15, 0.2) is 5.76 Å². The number of benzene rings is 3. The first-order valence-corrected chi connectivity index (χ1v) is 12.4. The van der Waals surface area contributed by atoms with Crippen LogP contribution in [0.1, 0.15) is 53.4 Å². The van der Waals surface area contributed by atoms with Crippen molar-refractivity contribution in [3.8, 4) is 11.5 Å². The summed E-state index contributed by atoms with van der Waals surface area (Å²) in [5.41, 5.74) is 3.03. The van der Waals surface area contributed by atoms with E-state index >= 15 is 0 Å². The fraction of sp³-hybridized carbons (Fsp3) is 0.258. The highest BCUT2D eigenvalue weighted by Gasteiger charge is 2.22. The van der Waals surface area contributed by atoms with Crippen LogP contribution in [0.15, 0.2) is 95.6 Å². The van der Waals surface area contributed by atoms with Crippen molar-refractivity contribution in [3.63, 3.8) is 0 Å². The molecule has 1 amide bonds. The average Bonchev–Trinajstić information content (AvgIpc) is 3.45. The normalized spacial score (nSPS) is 11.8. The maximum Gasteiger partial charge on any atom is 0.289 e. The fourth-order valence-corrected chi connectivity index (χ4v) is 4.32. The molecule has 0 N–H and O–H groups in total. The molecule has 1 heterocycles. The fourth-order valence-electron chi connectivity index (χ4n) is 4.32. The van der Waals surface area contributed by atoms with E-state index in [0.29, 0.717) is 25.3 Å². The van der Waals surface area contributed by atoms with Crippen LogP contribution in [-0.2, 0) is 6.54 Å². The summed E-state index contributed by atoms with van der Waals surface area (Å²) in [5.74, 6) is 1.34. The molecule has 0 spiro atoms. The summed E-state index contributed by atoms with van der Waals surface area (Å²) in [4.78, 5) is 15.1. The van der Waals surface area contributed by atoms with E-state index in [9.17, 15) is 9.18 Å². The molecule has 37 heavy (non-hydrogen) atoms. The number of carbonyl (C=O) groups is 1. The maximum atomic E-state index is 13.7. The van der Waals surface area contributed by atoms with Gasteiger partial charge in [-0.3, -0.25) is 4.79 Å². The second-order valence-corrected chi connectivity index (χ2v) is 9.18. The van der Waals surface area contributed by atoms with Crippen molar-refractivity contribution in [2.24, 2.45) is 0 Å². The van der Waals surface area contributed by atoms with Gasteiger partial charge >= 0.3 is 0 Å². The first-order chi connectivity index (χ1) is 17.9. The van der Waals surface area contributed by atoms with Gasteiger partial charge in [0.25, 0.3) is 5.91 Å². The van der Waals surface area contributed by atoms with E-state index in [0.717, 1.165) is 28.2 Å². The second kappa shape index (κ2) is 12.3. The van der Waals surface area contributed by atoms with Crippen LogP contribution in [-0.4, -0.2) is 30.6 Å². The molecule has 0 saturated carbocycles. The SMILES string of the molecule is COc1ccc(CN(CCC(c2ccc(F)cc2)c2ccc(OC(C)C)cc2)C(=O)c2ccco2)cc1. The largest absolute Gasteiger partial charge is 0.497 e. The Bertz CT molecular complexity index is 1250. The molecular formula is C31H32FNO4. The van der Waals surface area contributed by atoms with Gasteiger partial charge in [0, 0.05) is 19.0 Å². The van der Waals surface area contributed by atoms with E-state index in [2.05, 4.69) is 0 Å². The number of hydrogen-bond donors (Lipinski definition) is 0. The zero-order chi connectivity index (χ0) is 26.2. The summed E-state index contributed by atoms with van der Waals surface area (Å²) in [6.07, 6.45) is 2.22. The standard InChI is InChI=1S/C31H32FNO4/c1-22(2)37-28-16-10-25(11-17-28)29(24-8-12-26(32)13-9-24)18-19-33(31(34)30-5-4-20-36-30)21-23-6-14-27(35-3)15-7-23/h4-17,20,22,29H,18-19,21H2,1-3H3. The molecular weight excluding hydrogens is 469 g/mol. The molecule has 0 radical (unpaired) electrons. The highest BCUT2D eigenvalue weighted by atomic mass is 19.1. The van der Waals surface area contributed by atoms with Gasteiger partial charge < -0.3 is 18.8 Å². The third kappa shape index (κ3) is 7.00. The summed E-state index contributed by atoms with van der Waals surface area (Å²) in [5, 5.41) is 0. The number of rotatable bonds is 11. The molecule has 6 heteroatoms. The predicted octanol–water partition coefficient (Wildman–Crippen LogP) is 7.08. The lowest BCUT2D eigenvalue weighted by Gasteiger charge is -2.26. The number of carbonyl (C=O) groups excluding carboxylic acids is 1. The molecule has 0 aliphatic carbocycles. The van der Waals surface area contributed by atoms with Gasteiger partial charge in [-0.25, -0.2) is 4.39 Å². The number of amides is 1. The Morgan fingerprint density at radius 1 is 0.892 bits per heavy atom. The van der Waals surface area contributed by atoms with Crippen molar-refractivity contribution in [3.05, 3.63) is 119 Å². The van der Waals surface area contributed by atoms with Crippen LogP contribution in [0.5, 0.6) is 11.5 Å². The molecule has 192 valence electrons. The summed E-state index contributed by atoms with van der Waals surface area (Å²) < 4.78 is 30.2.